The van der Waals surface area contributed by atoms with Gasteiger partial charge in [-0.25, -0.2) is 4.79 Å². The largest absolute Gasteiger partial charge is 0.508 e. The van der Waals surface area contributed by atoms with E-state index >= 15 is 0 Å². The van der Waals surface area contributed by atoms with Crippen LogP contribution in [0.1, 0.15) is 118 Å². The molecule has 1 aliphatic carbocycles. The lowest BCUT2D eigenvalue weighted by Gasteiger charge is -2.30. The maximum atomic E-state index is 14.0. The highest BCUT2D eigenvalue weighted by Crippen LogP contribution is 2.35. The summed E-state index contributed by atoms with van der Waals surface area (Å²) in [5, 5.41) is 44.2. The molecule has 1 aromatic carbocycles. The Morgan fingerprint density at radius 2 is 1.28 bits per heavy atom. The summed E-state index contributed by atoms with van der Waals surface area (Å²) in [5.41, 5.74) is 12.8. The van der Waals surface area contributed by atoms with Gasteiger partial charge in [-0.2, -0.15) is 0 Å². The topological polar surface area (TPSA) is 291 Å². The summed E-state index contributed by atoms with van der Waals surface area (Å²) >= 11 is 0. The summed E-state index contributed by atoms with van der Waals surface area (Å²) < 4.78 is 0. The number of aromatic hydroxyl groups is 1. The SMILES string of the molecule is CC(C)CC(NCCCC[C@H](N)C(=O)N[C@@H](Cc1ccc(O)cc1)C(=O)N[C@@H](CCCCNC(C)C)C(=O)N[C@H](CCCNC(=N)N)C(=O)O)=C1C(=O)CC(C)(C)CC1=O. The Hall–Kier alpha value is -5.03. The first-order valence-corrected chi connectivity index (χ1v) is 21.2. The number of phenolic OH excluding ortho intramolecular Hbond substituents is 1. The van der Waals surface area contributed by atoms with Gasteiger partial charge in [0.1, 0.15) is 23.9 Å². The highest BCUT2D eigenvalue weighted by molar-refractivity contribution is 6.22. The van der Waals surface area contributed by atoms with Gasteiger partial charge >= 0.3 is 5.97 Å². The zero-order chi connectivity index (χ0) is 45.0. The van der Waals surface area contributed by atoms with Crippen molar-refractivity contribution in [1.82, 2.24) is 31.9 Å². The van der Waals surface area contributed by atoms with E-state index in [9.17, 15) is 39.0 Å². The molecule has 0 bridgehead atoms. The molecule has 0 spiro atoms. The van der Waals surface area contributed by atoms with E-state index in [-0.39, 0.29) is 78.5 Å². The molecule has 0 aromatic heterocycles. The average Bonchev–Trinajstić information content (AvgIpc) is 3.14. The van der Waals surface area contributed by atoms with Gasteiger partial charge in [0.25, 0.3) is 0 Å². The van der Waals surface area contributed by atoms with Gasteiger partial charge in [0.2, 0.25) is 17.7 Å². The van der Waals surface area contributed by atoms with Crippen molar-refractivity contribution in [1.29, 1.82) is 5.41 Å². The maximum absolute atomic E-state index is 14.0. The highest BCUT2D eigenvalue weighted by Gasteiger charge is 2.37. The van der Waals surface area contributed by atoms with E-state index in [4.69, 9.17) is 16.9 Å². The molecule has 4 atom stereocenters. The van der Waals surface area contributed by atoms with Crippen LogP contribution in [0.2, 0.25) is 0 Å². The van der Waals surface area contributed by atoms with Crippen molar-refractivity contribution in [2.75, 3.05) is 19.6 Å². The molecule has 1 fully saturated rings. The summed E-state index contributed by atoms with van der Waals surface area (Å²) in [6.07, 6.45) is 4.31. The number of aliphatic carboxylic acids is 1. The molecule has 2 rings (SSSR count). The van der Waals surface area contributed by atoms with Crippen LogP contribution in [0.3, 0.4) is 0 Å². The van der Waals surface area contributed by atoms with E-state index < -0.39 is 47.9 Å². The number of benzene rings is 1. The smallest absolute Gasteiger partial charge is 0.326 e. The number of hydrogen-bond donors (Lipinski definition) is 11. The molecule has 3 amide bonds. The Bertz CT molecular complexity index is 1620. The van der Waals surface area contributed by atoms with Crippen molar-refractivity contribution in [2.24, 2.45) is 22.8 Å². The van der Waals surface area contributed by atoms with E-state index in [2.05, 4.69) is 31.9 Å². The lowest BCUT2D eigenvalue weighted by Crippen LogP contribution is -2.57. The molecular weight excluding hydrogens is 771 g/mol. The van der Waals surface area contributed by atoms with Crippen molar-refractivity contribution < 1.29 is 39.0 Å². The highest BCUT2D eigenvalue weighted by atomic mass is 16.4. The Morgan fingerprint density at radius 1 is 0.750 bits per heavy atom. The van der Waals surface area contributed by atoms with Gasteiger partial charge in [0.15, 0.2) is 17.5 Å². The average molecular weight is 842 g/mol. The number of guanidine groups is 1. The first kappa shape index (κ1) is 51.1. The number of hydrogen-bond acceptors (Lipinski definition) is 11. The standard InChI is InChI=1S/C43H71N9O8/c1-26(2)22-33(37-35(54)24-43(5,6)25-36(37)55)48-20-9-7-12-30(44)38(56)52-34(23-28-15-17-29(53)18-16-28)40(58)50-31(13-8-10-19-47-27(3)4)39(57)51-32(41(59)60)14-11-21-49-42(45)46/h15-18,26-27,30-32,34,47-48,53H,7-14,19-25,44H2,1-6H3,(H,50,58)(H,51,57)(H,52,56)(H,59,60)(H4,45,46,49)/t30-,31-,32+,34-/m0/s1. The number of carboxylic acid groups (broad SMARTS) is 1. The zero-order valence-corrected chi connectivity index (χ0v) is 36.4. The number of Topliss-reactive ketones (excluding diaryl/α,β-unsaturated/α-hetero) is 2. The molecule has 13 N–H and O–H groups in total. The summed E-state index contributed by atoms with van der Waals surface area (Å²) in [4.78, 5) is 79.2. The van der Waals surface area contributed by atoms with Crippen molar-refractivity contribution >= 4 is 41.2 Å². The van der Waals surface area contributed by atoms with Crippen molar-refractivity contribution in [2.45, 2.75) is 149 Å². The normalized spacial score (nSPS) is 15.8. The van der Waals surface area contributed by atoms with Crippen LogP contribution in [0, 0.1) is 16.7 Å². The van der Waals surface area contributed by atoms with Gasteiger partial charge < -0.3 is 53.6 Å². The number of carbonyl (C=O) groups excluding carboxylic acids is 5. The van der Waals surface area contributed by atoms with Crippen LogP contribution in [0.15, 0.2) is 35.5 Å². The van der Waals surface area contributed by atoms with E-state index in [1.54, 1.807) is 12.1 Å². The van der Waals surface area contributed by atoms with Gasteiger partial charge in [0.05, 0.1) is 11.6 Å². The van der Waals surface area contributed by atoms with Crippen LogP contribution >= 0.6 is 0 Å². The fourth-order valence-electron chi connectivity index (χ4n) is 6.95. The third kappa shape index (κ3) is 19.4. The number of unbranched alkanes of at least 4 members (excludes halogenated alkanes) is 2. The summed E-state index contributed by atoms with van der Waals surface area (Å²) in [5.74, 6) is -3.53. The lowest BCUT2D eigenvalue weighted by atomic mass is 9.73. The summed E-state index contributed by atoms with van der Waals surface area (Å²) in [7, 11) is 0. The van der Waals surface area contributed by atoms with E-state index in [0.717, 1.165) is 0 Å². The van der Waals surface area contributed by atoms with Crippen molar-refractivity contribution in [3.63, 3.8) is 0 Å². The van der Waals surface area contributed by atoms with Gasteiger partial charge in [-0.1, -0.05) is 53.7 Å². The van der Waals surface area contributed by atoms with E-state index in [1.165, 1.54) is 12.1 Å². The van der Waals surface area contributed by atoms with Crippen LogP contribution in [0.5, 0.6) is 5.75 Å². The predicted molar refractivity (Wildman–Crippen MR) is 231 cm³/mol. The predicted octanol–water partition coefficient (Wildman–Crippen LogP) is 2.25. The van der Waals surface area contributed by atoms with E-state index in [1.807, 2.05) is 41.5 Å². The molecule has 1 aliphatic rings. The zero-order valence-electron chi connectivity index (χ0n) is 36.4. The van der Waals surface area contributed by atoms with Crippen molar-refractivity contribution in [3.8, 4) is 5.75 Å². The molecular formula is C43H71N9O8. The molecule has 0 radical (unpaired) electrons. The monoisotopic (exact) mass is 842 g/mol. The molecule has 17 nitrogen and oxygen atoms in total. The second-order valence-corrected chi connectivity index (χ2v) is 17.3. The Morgan fingerprint density at radius 3 is 1.87 bits per heavy atom. The third-order valence-corrected chi connectivity index (χ3v) is 10.1. The number of allylic oxidation sites excluding steroid dienone is 2. The third-order valence-electron chi connectivity index (χ3n) is 10.1. The Balaban J connectivity index is 2.17. The number of carboxylic acids is 1. The second-order valence-electron chi connectivity index (χ2n) is 17.3. The molecule has 60 heavy (non-hydrogen) atoms. The van der Waals surface area contributed by atoms with E-state index in [0.29, 0.717) is 75.7 Å². The molecule has 336 valence electrons. The lowest BCUT2D eigenvalue weighted by molar-refractivity contribution is -0.142. The molecule has 0 unspecified atom stereocenters. The fraction of sp³-hybridized carbons (Fsp3) is 0.651. The van der Waals surface area contributed by atoms with Crippen molar-refractivity contribution in [3.05, 3.63) is 41.1 Å². The van der Waals surface area contributed by atoms with Gasteiger partial charge in [0, 0.05) is 44.1 Å². The van der Waals surface area contributed by atoms with Crippen LogP contribution in [-0.2, 0) is 35.2 Å². The Labute approximate surface area is 354 Å². The number of nitrogens with two attached hydrogens (primary N) is 2. The Kier molecular flexibility index (Phi) is 21.8. The summed E-state index contributed by atoms with van der Waals surface area (Å²) in [6.45, 7) is 13.3. The molecule has 0 saturated heterocycles. The minimum Gasteiger partial charge on any atom is -0.508 e. The number of ketones is 2. The second kappa shape index (κ2) is 25.6. The minimum absolute atomic E-state index is 0.00393. The quantitative estimate of drug-likeness (QED) is 0.0200. The molecule has 1 aromatic rings. The molecule has 17 heteroatoms. The van der Waals surface area contributed by atoms with Gasteiger partial charge in [-0.3, -0.25) is 29.4 Å². The number of rotatable bonds is 27. The number of phenols is 1. The first-order valence-electron chi connectivity index (χ1n) is 21.2. The van der Waals surface area contributed by atoms with Crippen LogP contribution in [0.25, 0.3) is 0 Å². The van der Waals surface area contributed by atoms with Crippen LogP contribution < -0.4 is 43.4 Å². The number of carbonyl (C=O) groups is 6. The first-order chi connectivity index (χ1) is 28.2. The van der Waals surface area contributed by atoms with Gasteiger partial charge in [-0.15, -0.1) is 0 Å². The maximum Gasteiger partial charge on any atom is 0.326 e. The number of nitrogens with one attached hydrogen (secondary N) is 7. The van der Waals surface area contributed by atoms with Crippen LogP contribution in [0.4, 0.5) is 0 Å². The fourth-order valence-corrected chi connectivity index (χ4v) is 6.95. The molecule has 1 saturated carbocycles. The minimum atomic E-state index is -1.27. The summed E-state index contributed by atoms with van der Waals surface area (Å²) in [6, 6.07) is 1.81. The van der Waals surface area contributed by atoms with Gasteiger partial charge in [-0.05, 0) is 93.4 Å². The van der Waals surface area contributed by atoms with Crippen LogP contribution in [-0.4, -0.2) is 101 Å². The molecule has 0 aliphatic heterocycles. The number of amides is 3. The molecule has 0 heterocycles.